The van der Waals surface area contributed by atoms with E-state index in [9.17, 15) is 0 Å². The van der Waals surface area contributed by atoms with Gasteiger partial charge in [0.15, 0.2) is 0 Å². The van der Waals surface area contributed by atoms with Crippen molar-refractivity contribution in [3.8, 4) is 22.3 Å². The fourth-order valence-corrected chi connectivity index (χ4v) is 29.5. The molecular formula is C49H58Cl2SiZr. The average Bonchev–Trinajstić information content (AvgIpc) is 3.64. The van der Waals surface area contributed by atoms with Gasteiger partial charge in [0.2, 0.25) is 0 Å². The number of halogens is 2. The van der Waals surface area contributed by atoms with E-state index in [1.165, 1.54) is 72.3 Å². The summed E-state index contributed by atoms with van der Waals surface area (Å²) in [4.78, 5) is 0. The fraction of sp³-hybridized carbons (Fsp3) is 0.306. The molecule has 0 aliphatic heterocycles. The first-order chi connectivity index (χ1) is 23.8. The van der Waals surface area contributed by atoms with Gasteiger partial charge in [-0.3, -0.25) is 0 Å². The first kappa shape index (κ1) is 41.4. The molecule has 5 aromatic carbocycles. The molecule has 7 rings (SSSR count). The Kier molecular flexibility index (Phi) is 11.3. The zero-order chi connectivity index (χ0) is 36.7. The number of hydrogen-bond donors (Lipinski definition) is 0. The third kappa shape index (κ3) is 7.24. The Morgan fingerprint density at radius 3 is 1.55 bits per heavy atom. The van der Waals surface area contributed by atoms with Crippen LogP contribution in [0, 0.1) is 13.8 Å². The van der Waals surface area contributed by atoms with E-state index in [1.54, 1.807) is 11.1 Å². The summed E-state index contributed by atoms with van der Waals surface area (Å²) in [5.74, 6) is 0. The van der Waals surface area contributed by atoms with Crippen LogP contribution in [0.3, 0.4) is 0 Å². The van der Waals surface area contributed by atoms with Crippen molar-refractivity contribution in [2.45, 2.75) is 89.7 Å². The van der Waals surface area contributed by atoms with Gasteiger partial charge < -0.3 is 0 Å². The molecule has 0 N–H and O–H groups in total. The number of rotatable bonds is 5. The predicted octanol–water partition coefficient (Wildman–Crippen LogP) is 14.2. The number of benzene rings is 5. The second-order valence-corrected chi connectivity index (χ2v) is 49.3. The Morgan fingerprint density at radius 2 is 1.02 bits per heavy atom. The van der Waals surface area contributed by atoms with Crippen molar-refractivity contribution < 1.29 is 17.4 Å². The topological polar surface area (TPSA) is 0 Å². The Morgan fingerprint density at radius 1 is 0.509 bits per heavy atom. The molecule has 0 saturated carbocycles. The van der Waals surface area contributed by atoms with Crippen LogP contribution in [0.2, 0.25) is 9.26 Å². The summed E-state index contributed by atoms with van der Waals surface area (Å²) >= 11 is -3.89. The van der Waals surface area contributed by atoms with Crippen molar-refractivity contribution in [2.24, 2.45) is 0 Å². The molecule has 2 atom stereocenters. The normalized spacial score (nSPS) is 16.9. The average molecular weight is 837 g/mol. The first-order valence-electron chi connectivity index (χ1n) is 18.9. The van der Waals surface area contributed by atoms with E-state index in [0.29, 0.717) is 7.25 Å². The van der Waals surface area contributed by atoms with Crippen LogP contribution in [0.15, 0.2) is 109 Å². The monoisotopic (exact) mass is 834 g/mol. The molecule has 4 heteroatoms. The SMILES string of the molecule is CC1=Cc2c(-c3ccc(C(C)(C)C)cc3)ccc(C)c2[CH]1[Zr]([CH3])([CH3])(=[SiH2])[CH]1C(c2ccccc2C)=Cc2c(-c3ccc(C(C)(C)C)cc3)cccc21.Cl.Cl. The molecule has 0 amide bonds. The number of fused-ring (bicyclic) bond motifs is 2. The molecule has 0 fully saturated rings. The van der Waals surface area contributed by atoms with Gasteiger partial charge >= 0.3 is 313 Å². The summed E-state index contributed by atoms with van der Waals surface area (Å²) in [5.41, 5.74) is 21.6. The van der Waals surface area contributed by atoms with Gasteiger partial charge in [0.05, 0.1) is 0 Å². The maximum absolute atomic E-state index is 3.89. The number of hydrogen-bond acceptors (Lipinski definition) is 0. The van der Waals surface area contributed by atoms with Crippen molar-refractivity contribution in [3.63, 3.8) is 0 Å². The van der Waals surface area contributed by atoms with Gasteiger partial charge in [0.25, 0.3) is 0 Å². The molecule has 2 unspecified atom stereocenters. The van der Waals surface area contributed by atoms with Gasteiger partial charge in [-0.25, -0.2) is 0 Å². The first-order valence-corrected chi connectivity index (χ1v) is 32.5. The van der Waals surface area contributed by atoms with Gasteiger partial charge in [0, 0.05) is 0 Å². The van der Waals surface area contributed by atoms with Crippen molar-refractivity contribution in [1.82, 2.24) is 0 Å². The largest absolute Gasteiger partial charge is 0.147 e. The van der Waals surface area contributed by atoms with E-state index in [1.807, 2.05) is 0 Å². The van der Waals surface area contributed by atoms with Crippen LogP contribution in [0.25, 0.3) is 40.0 Å². The maximum Gasteiger partial charge on any atom is -0.147 e. The van der Waals surface area contributed by atoms with E-state index >= 15 is 0 Å². The minimum atomic E-state index is -3.89. The summed E-state index contributed by atoms with van der Waals surface area (Å²) in [7, 11) is 0. The van der Waals surface area contributed by atoms with Gasteiger partial charge in [0.1, 0.15) is 0 Å². The summed E-state index contributed by atoms with van der Waals surface area (Å²) in [5, 5.41) is 0. The molecule has 53 heavy (non-hydrogen) atoms. The van der Waals surface area contributed by atoms with E-state index < -0.39 is 17.4 Å². The van der Waals surface area contributed by atoms with E-state index in [4.69, 9.17) is 0 Å². The molecule has 0 radical (unpaired) electrons. The second-order valence-electron chi connectivity index (χ2n) is 18.8. The second kappa shape index (κ2) is 14.4. The zero-order valence-electron chi connectivity index (χ0n) is 33.6. The van der Waals surface area contributed by atoms with Gasteiger partial charge in [-0.1, -0.05) is 0 Å². The summed E-state index contributed by atoms with van der Waals surface area (Å²) in [6.45, 7) is 23.3. The Balaban J connectivity index is 0.00000271. The molecule has 0 saturated heterocycles. The van der Waals surface area contributed by atoms with Crippen LogP contribution in [-0.4, -0.2) is 6.88 Å². The summed E-state index contributed by atoms with van der Waals surface area (Å²) in [6, 6.07) is 39.8. The predicted molar refractivity (Wildman–Crippen MR) is 239 cm³/mol. The Labute approximate surface area is 334 Å². The standard InChI is InChI=1S/C26H25.C21H23.2CH3.2ClH.H2Si.Zr/c1-18-8-5-6-10-23(18)21-16-20-9-7-11-24(25(20)17-21)19-12-14-22(15-13-19)26(2,3)4;1-14-12-19-15(2)6-11-18(20(19)13-14)16-7-9-17(10-8-16)21(3,4)5;;;;;;/h5-17H,1-4H3;6-13H,1-5H3;2*1H3;2*1H;1H2;. The minimum absolute atomic E-state index is 0. The van der Waals surface area contributed by atoms with Crippen molar-refractivity contribution in [3.05, 3.63) is 159 Å². The molecule has 0 spiro atoms. The number of aryl methyl sites for hydroxylation is 2. The summed E-state index contributed by atoms with van der Waals surface area (Å²) < 4.78 is 6.39. The molecule has 0 heterocycles. The van der Waals surface area contributed by atoms with Crippen molar-refractivity contribution >= 4 is 49.4 Å². The minimum Gasteiger partial charge on any atom is -0.147 e. The van der Waals surface area contributed by atoms with Crippen LogP contribution < -0.4 is 0 Å². The van der Waals surface area contributed by atoms with Crippen LogP contribution in [0.1, 0.15) is 106 Å². The molecule has 0 nitrogen and oxygen atoms in total. The van der Waals surface area contributed by atoms with Crippen molar-refractivity contribution in [1.29, 1.82) is 0 Å². The Hall–Kier alpha value is -2.74. The Bertz CT molecular complexity index is 2320. The maximum atomic E-state index is 2.78. The van der Waals surface area contributed by atoms with E-state index in [0.717, 1.165) is 0 Å². The fourth-order valence-electron chi connectivity index (χ4n) is 9.57. The van der Waals surface area contributed by atoms with Crippen LogP contribution in [0.5, 0.6) is 0 Å². The molecule has 276 valence electrons. The van der Waals surface area contributed by atoms with Crippen LogP contribution in [0.4, 0.5) is 0 Å². The van der Waals surface area contributed by atoms with Crippen molar-refractivity contribution in [2.75, 3.05) is 0 Å². The molecule has 5 aromatic rings. The van der Waals surface area contributed by atoms with Gasteiger partial charge in [-0.15, -0.1) is 24.8 Å². The molecule has 0 bridgehead atoms. The van der Waals surface area contributed by atoms with Gasteiger partial charge in [-0.2, -0.15) is 0 Å². The third-order valence-electron chi connectivity index (χ3n) is 12.2. The smallest absolute Gasteiger partial charge is 0.147 e. The van der Waals surface area contributed by atoms with Crippen LogP contribution >= 0.6 is 24.8 Å². The number of allylic oxidation sites excluding steroid dienone is 2. The summed E-state index contributed by atoms with van der Waals surface area (Å²) in [6.07, 6.45) is 5.16. The van der Waals surface area contributed by atoms with Gasteiger partial charge in [-0.05, 0) is 0 Å². The molecule has 0 aromatic heterocycles. The van der Waals surface area contributed by atoms with E-state index in [-0.39, 0.29) is 35.6 Å². The third-order valence-corrected chi connectivity index (χ3v) is 29.7. The zero-order valence-corrected chi connectivity index (χ0v) is 39.2. The van der Waals surface area contributed by atoms with Crippen LogP contribution in [-0.2, 0) is 28.2 Å². The molecular weight excluding hydrogens is 779 g/mol. The quantitative estimate of drug-likeness (QED) is 0.155. The molecule has 2 aliphatic rings. The molecule has 2 aliphatic carbocycles. The van der Waals surface area contributed by atoms with E-state index in [2.05, 4.69) is 194 Å².